The number of Topliss-reactive ketones (excluding diaryl/α,β-unsaturated/α-hetero) is 2. The average molecular weight is 859 g/mol. The number of benzene rings is 4. The van der Waals surface area contributed by atoms with Gasteiger partial charge in [0, 0.05) is 48.5 Å². The summed E-state index contributed by atoms with van der Waals surface area (Å²) >= 11 is 0. The van der Waals surface area contributed by atoms with E-state index in [2.05, 4.69) is 0 Å². The van der Waals surface area contributed by atoms with Crippen molar-refractivity contribution in [2.45, 2.75) is 6.42 Å². The third-order valence-electron chi connectivity index (χ3n) is 10.6. The second-order valence-electron chi connectivity index (χ2n) is 14.5. The van der Waals surface area contributed by atoms with Crippen LogP contribution in [-0.2, 0) is 19.2 Å². The fraction of sp³-hybridized carbons (Fsp3) is 0.265. The lowest BCUT2D eigenvalue weighted by molar-refractivity contribution is -0.140. The van der Waals surface area contributed by atoms with Gasteiger partial charge in [-0.3, -0.25) is 19.2 Å². The number of carbonyl (C=O) groups excluding carboxylic acids is 4. The van der Waals surface area contributed by atoms with Gasteiger partial charge in [-0.2, -0.15) is 0 Å². The highest BCUT2D eigenvalue weighted by Crippen LogP contribution is 2.34. The van der Waals surface area contributed by atoms with E-state index in [4.69, 9.17) is 37.9 Å². The Balaban J connectivity index is 1.34. The molecule has 14 nitrogen and oxygen atoms in total. The van der Waals surface area contributed by atoms with Gasteiger partial charge in [-0.1, -0.05) is 24.3 Å². The highest BCUT2D eigenvalue weighted by atomic mass is 16.5. The third-order valence-corrected chi connectivity index (χ3v) is 10.6. The van der Waals surface area contributed by atoms with Crippen LogP contribution in [-0.4, -0.2) is 116 Å². The van der Waals surface area contributed by atoms with Crippen LogP contribution in [0.25, 0.3) is 24.3 Å². The van der Waals surface area contributed by atoms with E-state index in [-0.39, 0.29) is 37.7 Å². The van der Waals surface area contributed by atoms with E-state index in [1.807, 2.05) is 0 Å². The van der Waals surface area contributed by atoms with Crippen LogP contribution >= 0.6 is 0 Å². The zero-order chi connectivity index (χ0) is 45.2. The molecule has 0 saturated carbocycles. The Kier molecular flexibility index (Phi) is 14.6. The number of likely N-dealkylation sites (tertiary alicyclic amines) is 2. The van der Waals surface area contributed by atoms with Gasteiger partial charge in [0.2, 0.25) is 11.8 Å². The van der Waals surface area contributed by atoms with Gasteiger partial charge in [0.05, 0.1) is 56.9 Å². The van der Waals surface area contributed by atoms with E-state index >= 15 is 0 Å². The molecule has 2 aliphatic heterocycles. The maximum Gasteiger partial charge on any atom is 0.232 e. The number of hydrogen-bond acceptors (Lipinski definition) is 12. The molecule has 0 aliphatic carbocycles. The summed E-state index contributed by atoms with van der Waals surface area (Å²) in [4.78, 5) is 59.8. The molecule has 6 rings (SSSR count). The Morgan fingerprint density at radius 1 is 0.397 bits per heavy atom. The first-order valence-electron chi connectivity index (χ1n) is 19.8. The molecule has 4 aromatic rings. The van der Waals surface area contributed by atoms with Crippen LogP contribution in [0.3, 0.4) is 0 Å². The Hall–Kier alpha value is -7.48. The molecule has 0 unspecified atom stereocenters. The minimum absolute atomic E-state index is 0.0596. The molecule has 0 radical (unpaired) electrons. The van der Waals surface area contributed by atoms with Gasteiger partial charge >= 0.3 is 0 Å². The lowest BCUT2D eigenvalue weighted by Gasteiger charge is -2.32. The van der Waals surface area contributed by atoms with Crippen molar-refractivity contribution < 1.29 is 57.1 Å². The Morgan fingerprint density at radius 2 is 0.619 bits per heavy atom. The van der Waals surface area contributed by atoms with Gasteiger partial charge in [0.15, 0.2) is 57.6 Å². The van der Waals surface area contributed by atoms with E-state index < -0.39 is 18.2 Å². The second kappa shape index (κ2) is 20.4. The van der Waals surface area contributed by atoms with Gasteiger partial charge in [0.25, 0.3) is 0 Å². The largest absolute Gasteiger partial charge is 0.493 e. The molecule has 2 heterocycles. The summed E-state index contributed by atoms with van der Waals surface area (Å²) in [5, 5.41) is 0. The van der Waals surface area contributed by atoms with E-state index in [1.165, 1.54) is 66.7 Å². The standard InChI is InChI=1S/C49H50N2O12/c1-56-38-13-9-30(21-42(38)60-5)17-34-26-50(27-35(48(34)54)18-31-10-14-39(57-2)43(22-31)61-6)46(52)25-47(53)51-28-36(19-32-11-15-40(58-3)44(23-32)62-7)49(55)37(29-51)20-33-12-16-41(59-4)45(24-33)63-8/h9-24H,25-29H2,1-8H3/b34-17-,35-18+,36-19+,37-20+. The predicted molar refractivity (Wildman–Crippen MR) is 238 cm³/mol. The minimum atomic E-state index is -0.525. The van der Waals surface area contributed by atoms with Crippen LogP contribution in [0, 0.1) is 0 Å². The van der Waals surface area contributed by atoms with Crippen molar-refractivity contribution in [3.05, 3.63) is 117 Å². The number of nitrogens with zero attached hydrogens (tertiary/aromatic N) is 2. The first kappa shape index (κ1) is 45.1. The molecule has 0 N–H and O–H groups in total. The normalized spacial score (nSPS) is 16.6. The Labute approximate surface area is 366 Å². The van der Waals surface area contributed by atoms with Gasteiger partial charge in [-0.25, -0.2) is 0 Å². The van der Waals surface area contributed by atoms with Crippen LogP contribution in [0.15, 0.2) is 95.1 Å². The molecule has 4 aromatic carbocycles. The topological polar surface area (TPSA) is 149 Å². The van der Waals surface area contributed by atoms with Crippen LogP contribution in [0.4, 0.5) is 0 Å². The second-order valence-corrected chi connectivity index (χ2v) is 14.5. The molecule has 2 fully saturated rings. The molecular formula is C49H50N2O12. The summed E-state index contributed by atoms with van der Waals surface area (Å²) in [6.07, 6.45) is 6.26. The van der Waals surface area contributed by atoms with Crippen LogP contribution in [0.2, 0.25) is 0 Å². The molecule has 0 aromatic heterocycles. The van der Waals surface area contributed by atoms with Gasteiger partial charge in [-0.05, 0) is 95.1 Å². The number of ketones is 2. The van der Waals surface area contributed by atoms with E-state index in [0.717, 1.165) is 0 Å². The summed E-state index contributed by atoms with van der Waals surface area (Å²) in [7, 11) is 12.2. The fourth-order valence-corrected chi connectivity index (χ4v) is 7.36. The van der Waals surface area contributed by atoms with Crippen molar-refractivity contribution in [3.63, 3.8) is 0 Å². The molecular weight excluding hydrogens is 809 g/mol. The van der Waals surface area contributed by atoms with E-state index in [1.54, 1.807) is 97.1 Å². The molecule has 2 saturated heterocycles. The van der Waals surface area contributed by atoms with Crippen LogP contribution in [0.5, 0.6) is 46.0 Å². The fourth-order valence-electron chi connectivity index (χ4n) is 7.36. The van der Waals surface area contributed by atoms with Crippen molar-refractivity contribution in [2.24, 2.45) is 0 Å². The average Bonchev–Trinajstić information content (AvgIpc) is 3.30. The summed E-state index contributed by atoms with van der Waals surface area (Å²) in [5.41, 5.74) is 3.88. The Bertz CT molecular complexity index is 2210. The first-order chi connectivity index (χ1) is 30.4. The molecule has 2 amide bonds. The SMILES string of the molecule is COc1ccc(/C=C2/CN(C(=O)CC(=O)N3C/C(=C\c4ccc(OC)c(OC)c4)C(=O)/C(=C/c4ccc(OC)c(OC)c4)C3)C/C(=C\c3ccc(OC)c(OC)c3)C2=O)cc1OC. The molecule has 0 atom stereocenters. The number of rotatable bonds is 14. The maximum absolute atomic E-state index is 14.3. The zero-order valence-electron chi connectivity index (χ0n) is 36.6. The molecule has 2 aliphatic rings. The number of methoxy groups -OCH3 is 8. The summed E-state index contributed by atoms with van der Waals surface area (Å²) in [5.74, 6) is 2.39. The molecule has 328 valence electrons. The number of amides is 2. The van der Waals surface area contributed by atoms with E-state index in [9.17, 15) is 19.2 Å². The van der Waals surface area contributed by atoms with Gasteiger partial charge in [-0.15, -0.1) is 0 Å². The number of carbonyl (C=O) groups is 4. The van der Waals surface area contributed by atoms with Crippen molar-refractivity contribution in [1.82, 2.24) is 9.80 Å². The highest BCUT2D eigenvalue weighted by molar-refractivity contribution is 6.17. The number of piperidine rings is 2. The van der Waals surface area contributed by atoms with Crippen LogP contribution in [0.1, 0.15) is 28.7 Å². The summed E-state index contributed by atoms with van der Waals surface area (Å²) < 4.78 is 43.6. The number of ether oxygens (including phenoxy) is 8. The summed E-state index contributed by atoms with van der Waals surface area (Å²) in [6.45, 7) is -0.238. The minimum Gasteiger partial charge on any atom is -0.493 e. The quantitative estimate of drug-likeness (QED) is 0.0994. The first-order valence-corrected chi connectivity index (χ1v) is 19.8. The van der Waals surface area contributed by atoms with Crippen molar-refractivity contribution in [3.8, 4) is 46.0 Å². The summed E-state index contributed by atoms with van der Waals surface area (Å²) in [6, 6.07) is 21.0. The smallest absolute Gasteiger partial charge is 0.232 e. The number of hydrogen-bond donors (Lipinski definition) is 0. The predicted octanol–water partition coefficient (Wildman–Crippen LogP) is 6.60. The Morgan fingerprint density at radius 3 is 0.825 bits per heavy atom. The molecule has 0 spiro atoms. The third kappa shape index (κ3) is 10.4. The van der Waals surface area contributed by atoms with Crippen molar-refractivity contribution in [2.75, 3.05) is 83.1 Å². The van der Waals surface area contributed by atoms with E-state index in [0.29, 0.717) is 90.5 Å². The van der Waals surface area contributed by atoms with Crippen molar-refractivity contribution >= 4 is 47.7 Å². The maximum atomic E-state index is 14.3. The molecule has 14 heteroatoms. The van der Waals surface area contributed by atoms with Gasteiger partial charge < -0.3 is 47.7 Å². The van der Waals surface area contributed by atoms with Crippen molar-refractivity contribution in [1.29, 1.82) is 0 Å². The lowest BCUT2D eigenvalue weighted by Crippen LogP contribution is -2.46. The van der Waals surface area contributed by atoms with Gasteiger partial charge in [0.1, 0.15) is 6.42 Å². The molecule has 63 heavy (non-hydrogen) atoms. The lowest BCUT2D eigenvalue weighted by atomic mass is 9.93. The monoisotopic (exact) mass is 858 g/mol. The highest BCUT2D eigenvalue weighted by Gasteiger charge is 2.34. The molecule has 0 bridgehead atoms. The zero-order valence-corrected chi connectivity index (χ0v) is 36.6. The van der Waals surface area contributed by atoms with Crippen LogP contribution < -0.4 is 37.9 Å².